The van der Waals surface area contributed by atoms with Gasteiger partial charge in [-0.25, -0.2) is 9.59 Å². The summed E-state index contributed by atoms with van der Waals surface area (Å²) in [4.78, 5) is 127. The van der Waals surface area contributed by atoms with Gasteiger partial charge in [0.25, 0.3) is 0 Å². The first-order valence-corrected chi connectivity index (χ1v) is 46.4. The minimum atomic E-state index is -1.82. The van der Waals surface area contributed by atoms with Crippen LogP contribution in [0.25, 0.3) is 64.6 Å². The maximum absolute atomic E-state index is 11.0. The van der Waals surface area contributed by atoms with Crippen molar-refractivity contribution in [1.29, 1.82) is 0 Å². The smallest absolute Gasteiger partial charge is 0.414 e. The van der Waals surface area contributed by atoms with E-state index in [0.29, 0.717) is 47.2 Å². The number of fused-ring (bicyclic) bond motifs is 6. The largest absolute Gasteiger partial charge is 0.504 e. The molecule has 0 saturated heterocycles. The summed E-state index contributed by atoms with van der Waals surface area (Å²) in [6.07, 6.45) is 0. The van der Waals surface area contributed by atoms with Crippen LogP contribution in [0.1, 0.15) is 96.9 Å². The number of hydrogen-bond acceptors (Lipinski definition) is 32. The second kappa shape index (κ2) is 84.4. The molecule has 0 spiro atoms. The topological polar surface area (TPSA) is 842 Å². The zero-order valence-corrected chi connectivity index (χ0v) is 86.5. The van der Waals surface area contributed by atoms with Gasteiger partial charge in [-0.1, -0.05) is 230 Å². The molecule has 13 aromatic carbocycles. The number of hydrogen-bond donors (Lipinski definition) is 28. The summed E-state index contributed by atoms with van der Waals surface area (Å²) < 4.78 is 0. The number of benzene rings is 13. The van der Waals surface area contributed by atoms with E-state index in [-0.39, 0.29) is 72.2 Å². The Balaban J connectivity index is -0.000000383. The number of carboxylic acids is 10. The summed E-state index contributed by atoms with van der Waals surface area (Å²) in [6.45, 7) is 24.1. The fourth-order valence-corrected chi connectivity index (χ4v) is 11.0. The number of carbonyl (C=O) groups excluding carboxylic acids is 2. The lowest BCUT2D eigenvalue weighted by Gasteiger charge is -2.29. The zero-order chi connectivity index (χ0) is 116. The minimum Gasteiger partial charge on any atom is -0.504 e. The predicted octanol–water partition coefficient (Wildman–Crippen LogP) is 12.5. The molecule has 13 aromatic rings. The Bertz CT molecular complexity index is 5500. The lowest BCUT2D eigenvalue weighted by Crippen LogP contribution is -2.43. The molecule has 0 aliphatic carbocycles. The number of nitrogens with zero attached hydrogens (tertiary/aromatic N) is 4. The molecule has 0 bridgehead atoms. The lowest BCUT2D eigenvalue weighted by molar-refractivity contribution is -0.159. The highest BCUT2D eigenvalue weighted by Crippen LogP contribution is 2.35. The SMILES string of the molecule is CC.CC.CC.CC.CC.CC.CC.NC(=O)C(N)=O.NCCN.Nc1cc2cc3ccccc3cc2cc1N.Nc1cc2ccccc2cc1N.Nc1ccccc1N.O=C(O)C(=O)O.O=C(O)CN(CC(=O)O)c1ccccc1N(CC(=O)O)CC(=O)O.O=C(O)CN(CCN(CC(=O)O)CC(=O)O)CC(=O)O.OCCO.Oc1cc2cc3ccccc3cc2cc1O.Oc1cc2ccccc2cc1O.Oc1ccccc1O. The summed E-state index contributed by atoms with van der Waals surface area (Å²) in [7, 11) is 0. The molecular formula is C106H148N14O30. The molecule has 0 aliphatic heterocycles. The minimum absolute atomic E-state index is 0.0703. The van der Waals surface area contributed by atoms with Crippen molar-refractivity contribution in [2.45, 2.75) is 96.9 Å². The van der Waals surface area contributed by atoms with Gasteiger partial charge in [-0.15, -0.1) is 0 Å². The molecule has 2 amide bonds. The molecule has 0 atom stereocenters. The number of primary amides is 2. The maximum atomic E-state index is 11.0. The molecule has 0 unspecified atom stereocenters. The highest BCUT2D eigenvalue weighted by atomic mass is 16.4. The molecule has 0 fully saturated rings. The van der Waals surface area contributed by atoms with Gasteiger partial charge < -0.3 is 159 Å². The molecule has 0 heterocycles. The number of aliphatic hydroxyl groups is 2. The van der Waals surface area contributed by atoms with E-state index in [1.54, 1.807) is 48.5 Å². The van der Waals surface area contributed by atoms with E-state index in [9.17, 15) is 58.2 Å². The third-order valence-corrected chi connectivity index (χ3v) is 17.1. The van der Waals surface area contributed by atoms with Crippen LogP contribution in [0.2, 0.25) is 0 Å². The monoisotopic (exact) mass is 2100 g/mol. The molecule has 0 aliphatic rings. The second-order valence-corrected chi connectivity index (χ2v) is 27.7. The highest BCUT2D eigenvalue weighted by molar-refractivity contribution is 6.33. The number of aliphatic carboxylic acids is 10. The number of aliphatic hydroxyl groups excluding tert-OH is 2. The maximum Gasteiger partial charge on any atom is 0.414 e. The Morgan fingerprint density at radius 1 is 0.220 bits per heavy atom. The lowest BCUT2D eigenvalue weighted by atomic mass is 10.0. The van der Waals surface area contributed by atoms with E-state index in [0.717, 1.165) is 73.5 Å². The third-order valence-electron chi connectivity index (χ3n) is 17.1. The van der Waals surface area contributed by atoms with Crippen molar-refractivity contribution in [2.24, 2.45) is 22.9 Å². The first-order valence-electron chi connectivity index (χ1n) is 46.4. The Labute approximate surface area is 869 Å². The van der Waals surface area contributed by atoms with Crippen molar-refractivity contribution in [2.75, 3.05) is 136 Å². The molecule has 150 heavy (non-hydrogen) atoms. The van der Waals surface area contributed by atoms with Crippen molar-refractivity contribution in [3.05, 3.63) is 243 Å². The number of rotatable bonds is 23. The summed E-state index contributed by atoms with van der Waals surface area (Å²) >= 11 is 0. The average molecular weight is 2100 g/mol. The van der Waals surface area contributed by atoms with Crippen LogP contribution in [-0.2, 0) is 57.5 Å². The van der Waals surface area contributed by atoms with Crippen LogP contribution >= 0.6 is 0 Å². The Morgan fingerprint density at radius 2 is 0.387 bits per heavy atom. The van der Waals surface area contributed by atoms with Crippen LogP contribution in [0.3, 0.4) is 0 Å². The summed E-state index contributed by atoms with van der Waals surface area (Å²) in [5.74, 6) is -16.4. The number of nitrogen functional groups attached to an aromatic ring is 6. The molecule has 0 saturated carbocycles. The predicted molar refractivity (Wildman–Crippen MR) is 590 cm³/mol. The normalized spacial score (nSPS) is 9.25. The first kappa shape index (κ1) is 143. The number of carboxylic acid groups (broad SMARTS) is 10. The quantitative estimate of drug-likeness (QED) is 0.0122. The number of anilines is 8. The fourth-order valence-electron chi connectivity index (χ4n) is 11.0. The van der Waals surface area contributed by atoms with Crippen LogP contribution in [-0.4, -0.2) is 265 Å². The van der Waals surface area contributed by atoms with Gasteiger partial charge in [0.1, 0.15) is 26.2 Å². The van der Waals surface area contributed by atoms with Crippen molar-refractivity contribution < 1.29 is 149 Å². The summed E-state index contributed by atoms with van der Waals surface area (Å²) in [5, 5.41) is 168. The van der Waals surface area contributed by atoms with E-state index in [4.69, 9.17) is 137 Å². The standard InChI is InChI=1S/C14H16N2O8.C14H12N2.C14H10O2.C10H16N2O8.C10H10N2.C10H8O2.C6H8N2.C6H6O2.C2H4N2O2.C2H8N2.C2H2O4.C2H6O2.7C2H6/c17-11(18)5-15(6-12(19)20)9-3-1-2-4-10(9)16(7-13(21)22)8-14(23)24;2*15-13-7-11-5-9-3-1-2-4-10(9)6-12(11)8-14(13)16;13-7(14)3-11(4-8(15)16)1-2-12(5-9(17)18)6-10(19)20;2*11-9-5-7-3-1-2-4-8(7)6-10(9)12;2*7-5-3-1-2-4-6(5)8;3-1(5)2(4)6;3-1-2-4;3-1(4)2(5)6;3-1-2-4;7*1-2/h1-4H,5-8H2,(H,17,18)(H,19,20)(H,21,22)(H,23,24);1-8H,15-16H2;1-8,15-16H;1-6H2,(H,13,14)(H,15,16)(H,17,18)(H,19,20);1-6H,11-12H2;1-6,11-12H;1-4H,7-8H2;1-4,7-8H;(H2,3,5)(H2,4,6);1-4H2;(H,3,4)(H,5,6);3-4H,1-2H2;7*1-2H3. The highest BCUT2D eigenvalue weighted by Gasteiger charge is 2.24. The van der Waals surface area contributed by atoms with E-state index < -0.39 is 124 Å². The summed E-state index contributed by atoms with van der Waals surface area (Å²) in [6, 6.07) is 73.2. The van der Waals surface area contributed by atoms with Gasteiger partial charge in [-0.3, -0.25) is 57.7 Å². The van der Waals surface area contributed by atoms with E-state index in [2.05, 4.69) is 35.7 Å². The van der Waals surface area contributed by atoms with Gasteiger partial charge >= 0.3 is 71.5 Å². The molecule has 38 N–H and O–H groups in total. The van der Waals surface area contributed by atoms with E-state index in [1.165, 1.54) is 47.2 Å². The third kappa shape index (κ3) is 62.5. The molecule has 822 valence electrons. The number of phenolic OH excluding ortho intramolecular Hbond substituents is 6. The molecule has 0 aromatic heterocycles. The van der Waals surface area contributed by atoms with Crippen molar-refractivity contribution >= 4 is 182 Å². The van der Waals surface area contributed by atoms with Crippen LogP contribution in [0.15, 0.2) is 243 Å². The zero-order valence-electron chi connectivity index (χ0n) is 86.5. The number of phenols is 6. The van der Waals surface area contributed by atoms with Crippen molar-refractivity contribution in [3.63, 3.8) is 0 Å². The van der Waals surface area contributed by atoms with Crippen molar-refractivity contribution in [3.8, 4) is 34.5 Å². The molecule has 0 radical (unpaired) electrons. The Morgan fingerprint density at radius 3 is 0.560 bits per heavy atom. The number of nitrogens with two attached hydrogens (primary N) is 10. The Hall–Kier alpha value is -18.0. The van der Waals surface area contributed by atoms with Crippen LogP contribution in [0.5, 0.6) is 34.5 Å². The fraction of sp³-hybridized carbons (Fsp3) is 0.264. The van der Waals surface area contributed by atoms with Gasteiger partial charge in [0.2, 0.25) is 0 Å². The Kier molecular flexibility index (Phi) is 80.3. The number of aromatic hydroxyl groups is 6. The average Bonchev–Trinajstić information content (AvgIpc) is 0.643. The number of para-hydroxylation sites is 6. The summed E-state index contributed by atoms with van der Waals surface area (Å²) in [5.41, 5.74) is 56.3. The van der Waals surface area contributed by atoms with Gasteiger partial charge in [-0.2, -0.15) is 0 Å². The van der Waals surface area contributed by atoms with Gasteiger partial charge in [-0.05, 0) is 174 Å². The van der Waals surface area contributed by atoms with Gasteiger partial charge in [0.05, 0.1) is 84.9 Å². The molecular weight excluding hydrogens is 1950 g/mol. The number of amides is 2. The van der Waals surface area contributed by atoms with E-state index >= 15 is 0 Å². The van der Waals surface area contributed by atoms with Crippen molar-refractivity contribution in [1.82, 2.24) is 9.80 Å². The van der Waals surface area contributed by atoms with Crippen LogP contribution < -0.4 is 67.1 Å². The van der Waals surface area contributed by atoms with Gasteiger partial charge in [0.15, 0.2) is 34.5 Å². The second-order valence-electron chi connectivity index (χ2n) is 27.7. The number of carbonyl (C=O) groups is 12. The van der Waals surface area contributed by atoms with Crippen LogP contribution in [0, 0.1) is 0 Å². The van der Waals surface area contributed by atoms with E-state index in [1.807, 2.05) is 230 Å². The van der Waals surface area contributed by atoms with Crippen LogP contribution in [0.4, 0.5) is 45.5 Å². The first-order chi connectivity index (χ1) is 71.1. The van der Waals surface area contributed by atoms with Gasteiger partial charge in [0, 0.05) is 26.2 Å². The molecule has 13 rings (SSSR count). The molecule has 44 nitrogen and oxygen atoms in total. The molecule has 44 heteroatoms.